The highest BCUT2D eigenvalue weighted by molar-refractivity contribution is 6.30. The van der Waals surface area contributed by atoms with Crippen molar-refractivity contribution in [3.8, 4) is 5.75 Å². The van der Waals surface area contributed by atoms with Crippen molar-refractivity contribution in [2.75, 3.05) is 5.32 Å². The lowest BCUT2D eigenvalue weighted by atomic mass is 10.1. The number of pyridine rings is 1. The number of anilines is 1. The standard InChI is InChI=1S/C17H15ClN2O/c1-11(12-2-5-14(18)6-3-12)20-17-16-10-15(21)7-4-13(16)8-9-19-17/h2-11,21H,1H3,(H,19,20). The van der Waals surface area contributed by atoms with E-state index in [-0.39, 0.29) is 11.8 Å². The third kappa shape index (κ3) is 2.93. The first-order valence-corrected chi connectivity index (χ1v) is 7.11. The van der Waals surface area contributed by atoms with Crippen molar-refractivity contribution in [3.63, 3.8) is 0 Å². The van der Waals surface area contributed by atoms with Gasteiger partial charge in [-0.1, -0.05) is 29.8 Å². The van der Waals surface area contributed by atoms with Gasteiger partial charge in [-0.05, 0) is 48.2 Å². The van der Waals surface area contributed by atoms with Gasteiger partial charge in [0.25, 0.3) is 0 Å². The molecule has 1 atom stereocenters. The van der Waals surface area contributed by atoms with Gasteiger partial charge in [-0.25, -0.2) is 4.98 Å². The Hall–Kier alpha value is -2.26. The zero-order chi connectivity index (χ0) is 14.8. The lowest BCUT2D eigenvalue weighted by Crippen LogP contribution is -2.08. The maximum atomic E-state index is 9.67. The summed E-state index contributed by atoms with van der Waals surface area (Å²) in [6.45, 7) is 2.06. The number of nitrogens with zero attached hydrogens (tertiary/aromatic N) is 1. The van der Waals surface area contributed by atoms with Gasteiger partial charge in [-0.3, -0.25) is 0 Å². The van der Waals surface area contributed by atoms with Crippen LogP contribution in [-0.2, 0) is 0 Å². The predicted octanol–water partition coefficient (Wildman–Crippen LogP) is 4.77. The molecule has 0 aliphatic heterocycles. The van der Waals surface area contributed by atoms with Crippen LogP contribution in [0.4, 0.5) is 5.82 Å². The van der Waals surface area contributed by atoms with E-state index < -0.39 is 0 Å². The second kappa shape index (κ2) is 5.62. The van der Waals surface area contributed by atoms with E-state index in [0.29, 0.717) is 0 Å². The van der Waals surface area contributed by atoms with Crippen LogP contribution in [0.25, 0.3) is 10.8 Å². The van der Waals surface area contributed by atoms with Crippen LogP contribution in [0.3, 0.4) is 0 Å². The fraction of sp³-hybridized carbons (Fsp3) is 0.118. The van der Waals surface area contributed by atoms with Gasteiger partial charge in [0.1, 0.15) is 11.6 Å². The van der Waals surface area contributed by atoms with Crippen molar-refractivity contribution < 1.29 is 5.11 Å². The van der Waals surface area contributed by atoms with Gasteiger partial charge in [0.05, 0.1) is 0 Å². The highest BCUT2D eigenvalue weighted by Gasteiger charge is 2.09. The molecule has 1 unspecified atom stereocenters. The molecule has 0 bridgehead atoms. The Bertz CT molecular complexity index is 771. The van der Waals surface area contributed by atoms with Crippen LogP contribution in [0.2, 0.25) is 5.02 Å². The molecule has 3 aromatic rings. The van der Waals surface area contributed by atoms with Crippen LogP contribution in [0.1, 0.15) is 18.5 Å². The first-order chi connectivity index (χ1) is 10.1. The lowest BCUT2D eigenvalue weighted by Gasteiger charge is -2.16. The van der Waals surface area contributed by atoms with E-state index in [1.165, 1.54) is 0 Å². The number of phenols is 1. The normalized spacial score (nSPS) is 12.3. The Morgan fingerprint density at radius 2 is 1.86 bits per heavy atom. The number of aromatic nitrogens is 1. The number of aromatic hydroxyl groups is 1. The number of rotatable bonds is 3. The number of halogens is 1. The number of fused-ring (bicyclic) bond motifs is 1. The molecular formula is C17H15ClN2O. The molecule has 0 saturated heterocycles. The van der Waals surface area contributed by atoms with Crippen molar-refractivity contribution >= 4 is 28.2 Å². The molecule has 21 heavy (non-hydrogen) atoms. The molecule has 106 valence electrons. The minimum Gasteiger partial charge on any atom is -0.508 e. The van der Waals surface area contributed by atoms with E-state index in [0.717, 1.165) is 27.2 Å². The Morgan fingerprint density at radius 1 is 1.10 bits per heavy atom. The zero-order valence-corrected chi connectivity index (χ0v) is 12.3. The number of benzene rings is 2. The summed E-state index contributed by atoms with van der Waals surface area (Å²) < 4.78 is 0. The Morgan fingerprint density at radius 3 is 2.62 bits per heavy atom. The molecule has 3 nitrogen and oxygen atoms in total. The number of hydrogen-bond acceptors (Lipinski definition) is 3. The van der Waals surface area contributed by atoms with Gasteiger partial charge in [0.2, 0.25) is 0 Å². The van der Waals surface area contributed by atoms with E-state index in [9.17, 15) is 5.11 Å². The largest absolute Gasteiger partial charge is 0.508 e. The van der Waals surface area contributed by atoms with Crippen LogP contribution in [0.5, 0.6) is 5.75 Å². The van der Waals surface area contributed by atoms with Crippen molar-refractivity contribution in [1.29, 1.82) is 0 Å². The fourth-order valence-corrected chi connectivity index (χ4v) is 2.44. The highest BCUT2D eigenvalue weighted by Crippen LogP contribution is 2.28. The smallest absolute Gasteiger partial charge is 0.134 e. The number of hydrogen-bond donors (Lipinski definition) is 2. The van der Waals surface area contributed by atoms with Crippen LogP contribution >= 0.6 is 11.6 Å². The van der Waals surface area contributed by atoms with Crippen LogP contribution in [0, 0.1) is 0 Å². The average Bonchev–Trinajstić information content (AvgIpc) is 2.48. The van der Waals surface area contributed by atoms with Gasteiger partial charge < -0.3 is 10.4 Å². The molecule has 2 N–H and O–H groups in total. The van der Waals surface area contributed by atoms with Gasteiger partial charge in [0, 0.05) is 22.6 Å². The minimum atomic E-state index is 0.0858. The van der Waals surface area contributed by atoms with Crippen LogP contribution < -0.4 is 5.32 Å². The predicted molar refractivity (Wildman–Crippen MR) is 86.9 cm³/mol. The molecule has 1 heterocycles. The minimum absolute atomic E-state index is 0.0858. The third-order valence-corrected chi connectivity index (χ3v) is 3.72. The molecular weight excluding hydrogens is 284 g/mol. The van der Waals surface area contributed by atoms with Gasteiger partial charge >= 0.3 is 0 Å². The van der Waals surface area contributed by atoms with Crippen LogP contribution in [0.15, 0.2) is 54.7 Å². The van der Waals surface area contributed by atoms with Crippen molar-refractivity contribution in [2.45, 2.75) is 13.0 Å². The molecule has 4 heteroatoms. The van der Waals surface area contributed by atoms with E-state index in [1.807, 2.05) is 36.4 Å². The first kappa shape index (κ1) is 13.7. The van der Waals surface area contributed by atoms with Crippen molar-refractivity contribution in [2.24, 2.45) is 0 Å². The molecule has 0 fully saturated rings. The zero-order valence-electron chi connectivity index (χ0n) is 11.5. The summed E-state index contributed by atoms with van der Waals surface area (Å²) >= 11 is 5.91. The molecule has 0 aliphatic rings. The molecule has 0 radical (unpaired) electrons. The fourth-order valence-electron chi connectivity index (χ4n) is 2.31. The molecule has 2 aromatic carbocycles. The number of nitrogens with one attached hydrogen (secondary N) is 1. The maximum absolute atomic E-state index is 9.67. The van der Waals surface area contributed by atoms with Gasteiger partial charge in [0.15, 0.2) is 0 Å². The average molecular weight is 299 g/mol. The summed E-state index contributed by atoms with van der Waals surface area (Å²) in [7, 11) is 0. The molecule has 0 amide bonds. The maximum Gasteiger partial charge on any atom is 0.134 e. The monoisotopic (exact) mass is 298 g/mol. The molecule has 0 spiro atoms. The first-order valence-electron chi connectivity index (χ1n) is 6.73. The van der Waals surface area contributed by atoms with Gasteiger partial charge in [-0.2, -0.15) is 0 Å². The summed E-state index contributed by atoms with van der Waals surface area (Å²) in [6.07, 6.45) is 1.76. The molecule has 3 rings (SSSR count). The van der Waals surface area contributed by atoms with E-state index in [1.54, 1.807) is 18.3 Å². The second-order valence-corrected chi connectivity index (χ2v) is 5.42. The van der Waals surface area contributed by atoms with Crippen molar-refractivity contribution in [1.82, 2.24) is 4.98 Å². The summed E-state index contributed by atoms with van der Waals surface area (Å²) in [5, 5.41) is 15.7. The second-order valence-electron chi connectivity index (χ2n) is 4.98. The summed E-state index contributed by atoms with van der Waals surface area (Å²) in [6, 6.07) is 15.0. The van der Waals surface area contributed by atoms with E-state index >= 15 is 0 Å². The van der Waals surface area contributed by atoms with Crippen molar-refractivity contribution in [3.05, 3.63) is 65.3 Å². The number of phenolic OH excluding ortho intramolecular Hbond substituents is 1. The molecule has 1 aromatic heterocycles. The topological polar surface area (TPSA) is 45.2 Å². The molecule has 0 aliphatic carbocycles. The van der Waals surface area contributed by atoms with E-state index in [4.69, 9.17) is 11.6 Å². The Kier molecular flexibility index (Phi) is 3.67. The SMILES string of the molecule is CC(Nc1nccc2ccc(O)cc12)c1ccc(Cl)cc1. The summed E-state index contributed by atoms with van der Waals surface area (Å²) in [5.41, 5.74) is 1.12. The Labute approximate surface area is 128 Å². The Balaban J connectivity index is 1.94. The lowest BCUT2D eigenvalue weighted by molar-refractivity contribution is 0.476. The highest BCUT2D eigenvalue weighted by atomic mass is 35.5. The van der Waals surface area contributed by atoms with Crippen LogP contribution in [-0.4, -0.2) is 10.1 Å². The van der Waals surface area contributed by atoms with Gasteiger partial charge in [-0.15, -0.1) is 0 Å². The van der Waals surface area contributed by atoms with E-state index in [2.05, 4.69) is 17.2 Å². The third-order valence-electron chi connectivity index (χ3n) is 3.47. The molecule has 0 saturated carbocycles. The quantitative estimate of drug-likeness (QED) is 0.732. The summed E-state index contributed by atoms with van der Waals surface area (Å²) in [5.74, 6) is 0.989. The summed E-state index contributed by atoms with van der Waals surface area (Å²) in [4.78, 5) is 4.38.